The fraction of sp³-hybridized carbons (Fsp3) is 0.0638. The summed E-state index contributed by atoms with van der Waals surface area (Å²) in [5, 5.41) is 2.49. The fourth-order valence-corrected chi connectivity index (χ4v) is 7.63. The van der Waals surface area contributed by atoms with E-state index in [1.807, 2.05) is 0 Å². The summed E-state index contributed by atoms with van der Waals surface area (Å²) < 4.78 is 0. The Morgan fingerprint density at radius 3 is 1.47 bits per heavy atom. The van der Waals surface area contributed by atoms with E-state index in [9.17, 15) is 0 Å². The highest BCUT2D eigenvalue weighted by Gasteiger charge is 2.39. The highest BCUT2D eigenvalue weighted by Crippen LogP contribution is 2.54. The largest absolute Gasteiger partial charge is 0.228 e. The van der Waals surface area contributed by atoms with Crippen LogP contribution in [0.4, 0.5) is 0 Å². The highest BCUT2D eigenvalue weighted by molar-refractivity contribution is 6.04. The van der Waals surface area contributed by atoms with Crippen LogP contribution < -0.4 is 0 Å². The smallest absolute Gasteiger partial charge is 0.161 e. The van der Waals surface area contributed by atoms with Crippen molar-refractivity contribution in [3.05, 3.63) is 181 Å². The number of hydrogen-bond donors (Lipinski definition) is 0. The Bertz CT molecular complexity index is 2380. The van der Waals surface area contributed by atoms with E-state index < -0.39 is 0 Å². The van der Waals surface area contributed by atoms with Crippen molar-refractivity contribution in [1.82, 2.24) is 9.97 Å². The number of aromatic nitrogens is 2. The Hall–Kier alpha value is -6.12. The lowest BCUT2D eigenvalue weighted by Gasteiger charge is -2.24. The molecule has 7 aromatic carbocycles. The van der Waals surface area contributed by atoms with Crippen LogP contribution in [-0.2, 0) is 5.41 Å². The van der Waals surface area contributed by atoms with Gasteiger partial charge in [-0.1, -0.05) is 172 Å². The number of fused-ring (bicyclic) bond motifs is 5. The van der Waals surface area contributed by atoms with Gasteiger partial charge in [0.1, 0.15) is 0 Å². The quantitative estimate of drug-likeness (QED) is 0.190. The summed E-state index contributed by atoms with van der Waals surface area (Å²) in [6.07, 6.45) is 0. The van der Waals surface area contributed by atoms with Crippen molar-refractivity contribution in [3.63, 3.8) is 0 Å². The molecule has 8 aromatic rings. The van der Waals surface area contributed by atoms with Gasteiger partial charge in [0, 0.05) is 22.1 Å². The molecule has 0 saturated carbocycles. The lowest BCUT2D eigenvalue weighted by Crippen LogP contribution is -2.15. The van der Waals surface area contributed by atoms with Crippen LogP contribution in [0.1, 0.15) is 25.0 Å². The van der Waals surface area contributed by atoms with E-state index >= 15 is 0 Å². The maximum atomic E-state index is 5.36. The maximum Gasteiger partial charge on any atom is 0.161 e. The predicted molar refractivity (Wildman–Crippen MR) is 204 cm³/mol. The molecule has 232 valence electrons. The standard InChI is InChI=1S/C47H34N2/c1-47(2)41-20-12-11-19-39(41)44-40(29-37-17-9-10-18-38(37)45(44)47)46-48-42(35-25-21-33(22-26-35)31-13-5-3-6-14-31)30-43(49-46)36-27-23-34(24-28-36)32-15-7-4-8-16-32/h3-30H,1-2H3. The van der Waals surface area contributed by atoms with Crippen LogP contribution in [-0.4, -0.2) is 9.97 Å². The number of hydrogen-bond acceptors (Lipinski definition) is 2. The van der Waals surface area contributed by atoms with Crippen molar-refractivity contribution in [2.24, 2.45) is 0 Å². The minimum atomic E-state index is -0.164. The lowest BCUT2D eigenvalue weighted by molar-refractivity contribution is 0.666. The average molecular weight is 627 g/mol. The molecule has 0 amide bonds. The molecule has 0 fully saturated rings. The van der Waals surface area contributed by atoms with E-state index in [0.29, 0.717) is 0 Å². The van der Waals surface area contributed by atoms with Crippen LogP contribution in [0.5, 0.6) is 0 Å². The monoisotopic (exact) mass is 626 g/mol. The minimum Gasteiger partial charge on any atom is -0.228 e. The van der Waals surface area contributed by atoms with E-state index in [1.165, 1.54) is 55.3 Å². The lowest BCUT2D eigenvalue weighted by atomic mass is 9.79. The van der Waals surface area contributed by atoms with Gasteiger partial charge in [-0.05, 0) is 67.4 Å². The van der Waals surface area contributed by atoms with Crippen LogP contribution in [0.2, 0.25) is 0 Å². The Labute approximate surface area is 287 Å². The van der Waals surface area contributed by atoms with Crippen molar-refractivity contribution in [1.29, 1.82) is 0 Å². The van der Waals surface area contributed by atoms with Crippen molar-refractivity contribution in [3.8, 4) is 67.3 Å². The predicted octanol–water partition coefficient (Wildman–Crippen LogP) is 12.3. The second kappa shape index (κ2) is 11.5. The molecule has 49 heavy (non-hydrogen) atoms. The Morgan fingerprint density at radius 2 is 0.878 bits per heavy atom. The molecule has 0 aliphatic heterocycles. The zero-order valence-electron chi connectivity index (χ0n) is 27.6. The normalized spacial score (nSPS) is 12.9. The van der Waals surface area contributed by atoms with Gasteiger partial charge in [0.05, 0.1) is 11.4 Å². The number of nitrogens with zero attached hydrogens (tertiary/aromatic N) is 2. The van der Waals surface area contributed by atoms with E-state index in [0.717, 1.165) is 33.9 Å². The van der Waals surface area contributed by atoms with Crippen LogP contribution in [0.3, 0.4) is 0 Å². The van der Waals surface area contributed by atoms with Gasteiger partial charge in [-0.25, -0.2) is 9.97 Å². The molecule has 0 atom stereocenters. The highest BCUT2D eigenvalue weighted by atomic mass is 14.9. The van der Waals surface area contributed by atoms with Crippen LogP contribution in [0, 0.1) is 0 Å². The van der Waals surface area contributed by atoms with Gasteiger partial charge in [0.15, 0.2) is 5.82 Å². The van der Waals surface area contributed by atoms with Crippen molar-refractivity contribution in [2.75, 3.05) is 0 Å². The van der Waals surface area contributed by atoms with Crippen LogP contribution in [0.15, 0.2) is 170 Å². The first-order valence-electron chi connectivity index (χ1n) is 16.9. The summed E-state index contributed by atoms with van der Waals surface area (Å²) in [6, 6.07) is 60.5. The molecular formula is C47H34N2. The number of rotatable bonds is 5. The summed E-state index contributed by atoms with van der Waals surface area (Å²) in [5.74, 6) is 0.737. The molecule has 0 spiro atoms. The third-order valence-corrected chi connectivity index (χ3v) is 10.1. The molecule has 0 N–H and O–H groups in total. The molecule has 0 bridgehead atoms. The molecule has 9 rings (SSSR count). The Morgan fingerprint density at radius 1 is 0.408 bits per heavy atom. The Kier molecular flexibility index (Phi) is 6.84. The van der Waals surface area contributed by atoms with Crippen LogP contribution in [0.25, 0.3) is 78.1 Å². The SMILES string of the molecule is CC1(C)c2ccccc2-c2c(-c3nc(-c4ccc(-c5ccccc5)cc4)cc(-c4ccc(-c5ccccc5)cc4)n3)cc3ccccc3c21. The van der Waals surface area contributed by atoms with Crippen molar-refractivity contribution in [2.45, 2.75) is 19.3 Å². The first-order valence-corrected chi connectivity index (χ1v) is 16.9. The molecule has 0 saturated heterocycles. The van der Waals surface area contributed by atoms with Gasteiger partial charge >= 0.3 is 0 Å². The van der Waals surface area contributed by atoms with Gasteiger partial charge in [-0.15, -0.1) is 0 Å². The molecule has 1 aromatic heterocycles. The summed E-state index contributed by atoms with van der Waals surface area (Å²) in [4.78, 5) is 10.7. The second-order valence-corrected chi connectivity index (χ2v) is 13.4. The third-order valence-electron chi connectivity index (χ3n) is 10.1. The van der Waals surface area contributed by atoms with E-state index in [1.54, 1.807) is 0 Å². The summed E-state index contributed by atoms with van der Waals surface area (Å²) in [5.41, 5.74) is 14.8. The average Bonchev–Trinajstić information content (AvgIpc) is 3.42. The molecule has 0 radical (unpaired) electrons. The molecule has 1 heterocycles. The Balaban J connectivity index is 1.26. The van der Waals surface area contributed by atoms with Crippen molar-refractivity contribution < 1.29 is 0 Å². The molecule has 2 heteroatoms. The molecule has 1 aliphatic rings. The van der Waals surface area contributed by atoms with Gasteiger partial charge in [-0.3, -0.25) is 0 Å². The van der Waals surface area contributed by atoms with Crippen molar-refractivity contribution >= 4 is 10.8 Å². The van der Waals surface area contributed by atoms with E-state index in [-0.39, 0.29) is 5.41 Å². The first kappa shape index (κ1) is 29.1. The topological polar surface area (TPSA) is 25.8 Å². The van der Waals surface area contributed by atoms with Gasteiger partial charge < -0.3 is 0 Å². The summed E-state index contributed by atoms with van der Waals surface area (Å²) >= 11 is 0. The molecule has 0 unspecified atom stereocenters. The molecular weight excluding hydrogens is 593 g/mol. The van der Waals surface area contributed by atoms with Gasteiger partial charge in [-0.2, -0.15) is 0 Å². The summed E-state index contributed by atoms with van der Waals surface area (Å²) in [6.45, 7) is 4.69. The fourth-order valence-electron chi connectivity index (χ4n) is 7.63. The minimum absolute atomic E-state index is 0.164. The van der Waals surface area contributed by atoms with E-state index in [4.69, 9.17) is 9.97 Å². The van der Waals surface area contributed by atoms with Gasteiger partial charge in [0.2, 0.25) is 0 Å². The molecule has 2 nitrogen and oxygen atoms in total. The summed E-state index contributed by atoms with van der Waals surface area (Å²) in [7, 11) is 0. The third kappa shape index (κ3) is 4.96. The number of benzene rings is 7. The second-order valence-electron chi connectivity index (χ2n) is 13.4. The maximum absolute atomic E-state index is 5.36. The van der Waals surface area contributed by atoms with Gasteiger partial charge in [0.25, 0.3) is 0 Å². The van der Waals surface area contributed by atoms with Crippen LogP contribution >= 0.6 is 0 Å². The first-order chi connectivity index (χ1) is 24.0. The zero-order chi connectivity index (χ0) is 33.0. The molecule has 1 aliphatic carbocycles. The van der Waals surface area contributed by atoms with E-state index in [2.05, 4.69) is 184 Å². The zero-order valence-corrected chi connectivity index (χ0v) is 27.6.